The molecule has 2 nitrogen and oxygen atoms in total. The minimum Gasteiger partial charge on any atom is -0.346 e. The van der Waals surface area contributed by atoms with Gasteiger partial charge in [0.2, 0.25) is 0 Å². The fourth-order valence-corrected chi connectivity index (χ4v) is 5.90. The molecule has 4 saturated carbocycles. The zero-order chi connectivity index (χ0) is 13.2. The molecule has 0 heterocycles. The number of halogens is 2. The van der Waals surface area contributed by atoms with Crippen molar-refractivity contribution in [3.05, 3.63) is 0 Å². The smallest absolute Gasteiger partial charge is 0.315 e. The summed E-state index contributed by atoms with van der Waals surface area (Å²) in [7, 11) is 0. The maximum absolute atomic E-state index is 12.5. The summed E-state index contributed by atoms with van der Waals surface area (Å²) in [4.78, 5) is 11.4. The Labute approximate surface area is 107 Å². The second-order valence-electron chi connectivity index (χ2n) is 7.70. The fourth-order valence-electron chi connectivity index (χ4n) is 5.90. The molecule has 18 heavy (non-hydrogen) atoms. The second-order valence-corrected chi connectivity index (χ2v) is 7.70. The molecule has 4 heteroatoms. The van der Waals surface area contributed by atoms with E-state index in [2.05, 4.69) is 19.2 Å². The van der Waals surface area contributed by atoms with E-state index >= 15 is 0 Å². The van der Waals surface area contributed by atoms with Gasteiger partial charge in [-0.1, -0.05) is 13.8 Å². The van der Waals surface area contributed by atoms with Gasteiger partial charge in [0, 0.05) is 5.54 Å². The van der Waals surface area contributed by atoms with Gasteiger partial charge in [-0.05, 0) is 55.3 Å². The van der Waals surface area contributed by atoms with Gasteiger partial charge in [0.05, 0.1) is 0 Å². The van der Waals surface area contributed by atoms with Gasteiger partial charge in [-0.15, -0.1) is 0 Å². The Bertz CT molecular complexity index is 377. The van der Waals surface area contributed by atoms with Crippen LogP contribution in [-0.4, -0.2) is 17.9 Å². The molecule has 1 N–H and O–H groups in total. The number of nitrogens with one attached hydrogen (secondary N) is 1. The molecule has 0 aromatic rings. The maximum atomic E-state index is 12.5. The lowest BCUT2D eigenvalue weighted by Crippen LogP contribution is -2.65. The first-order chi connectivity index (χ1) is 8.23. The summed E-state index contributed by atoms with van der Waals surface area (Å²) < 4.78 is 25.0. The van der Waals surface area contributed by atoms with Crippen LogP contribution in [0.2, 0.25) is 0 Å². The minimum absolute atomic E-state index is 0.240. The third-order valence-electron chi connectivity index (χ3n) is 5.21. The Kier molecular flexibility index (Phi) is 2.37. The summed E-state index contributed by atoms with van der Waals surface area (Å²) in [6.07, 6.45) is 3.36. The quantitative estimate of drug-likeness (QED) is 0.809. The topological polar surface area (TPSA) is 29.1 Å². The molecule has 2 atom stereocenters. The molecule has 0 aromatic carbocycles. The highest BCUT2D eigenvalue weighted by atomic mass is 19.3. The van der Waals surface area contributed by atoms with E-state index in [1.807, 2.05) is 0 Å². The van der Waals surface area contributed by atoms with Crippen molar-refractivity contribution in [1.82, 2.24) is 5.32 Å². The molecule has 0 saturated heterocycles. The summed E-state index contributed by atoms with van der Waals surface area (Å²) in [5.74, 6) is -0.474. The summed E-state index contributed by atoms with van der Waals surface area (Å²) in [5.41, 5.74) is 0.129. The predicted octanol–water partition coefficient (Wildman–Crippen LogP) is 3.12. The Morgan fingerprint density at radius 2 is 1.67 bits per heavy atom. The molecule has 4 bridgehead atoms. The molecule has 4 fully saturated rings. The number of carbonyl (C=O) groups excluding carboxylic acids is 1. The van der Waals surface area contributed by atoms with Gasteiger partial charge >= 0.3 is 6.43 Å². The average Bonchev–Trinajstić information content (AvgIpc) is 2.09. The van der Waals surface area contributed by atoms with Gasteiger partial charge in [0.15, 0.2) is 0 Å². The standard InChI is InChI=1S/C14H21F2NO/c1-12-3-9-4-13(2,6-12)8-14(5-9,7-12)17-11(18)10(15)16/h9-10H,3-8H2,1-2H3,(H,17,18). The van der Waals surface area contributed by atoms with E-state index in [-0.39, 0.29) is 16.4 Å². The Morgan fingerprint density at radius 1 is 1.11 bits per heavy atom. The summed E-state index contributed by atoms with van der Waals surface area (Å²) in [5, 5.41) is 2.69. The van der Waals surface area contributed by atoms with Crippen LogP contribution in [0, 0.1) is 16.7 Å². The first-order valence-corrected chi connectivity index (χ1v) is 6.84. The van der Waals surface area contributed by atoms with E-state index in [0.717, 1.165) is 19.3 Å². The van der Waals surface area contributed by atoms with Crippen molar-refractivity contribution in [2.75, 3.05) is 0 Å². The number of carbonyl (C=O) groups is 1. The fraction of sp³-hybridized carbons (Fsp3) is 0.929. The monoisotopic (exact) mass is 257 g/mol. The highest BCUT2D eigenvalue weighted by Gasteiger charge is 2.60. The van der Waals surface area contributed by atoms with E-state index in [1.54, 1.807) is 0 Å². The van der Waals surface area contributed by atoms with E-state index in [1.165, 1.54) is 19.3 Å². The molecule has 1 amide bonds. The Balaban J connectivity index is 1.87. The molecule has 0 spiro atoms. The first kappa shape index (κ1) is 12.4. The third-order valence-corrected chi connectivity index (χ3v) is 5.21. The zero-order valence-corrected chi connectivity index (χ0v) is 11.1. The molecular formula is C14H21F2NO. The van der Waals surface area contributed by atoms with Crippen molar-refractivity contribution >= 4 is 5.91 Å². The number of hydrogen-bond donors (Lipinski definition) is 1. The summed E-state index contributed by atoms with van der Waals surface area (Å²) in [6.45, 7) is 4.53. The highest BCUT2D eigenvalue weighted by Crippen LogP contribution is 2.66. The van der Waals surface area contributed by atoms with Crippen molar-refractivity contribution in [1.29, 1.82) is 0 Å². The molecule has 0 radical (unpaired) electrons. The molecule has 4 rings (SSSR count). The van der Waals surface area contributed by atoms with Gasteiger partial charge in [-0.2, -0.15) is 8.78 Å². The van der Waals surface area contributed by atoms with Gasteiger partial charge in [-0.3, -0.25) is 4.79 Å². The molecule has 0 aliphatic heterocycles. The molecule has 102 valence electrons. The van der Waals surface area contributed by atoms with Crippen LogP contribution in [0.25, 0.3) is 0 Å². The van der Waals surface area contributed by atoms with E-state index in [4.69, 9.17) is 0 Å². The number of hydrogen-bond acceptors (Lipinski definition) is 1. The summed E-state index contributed by atoms with van der Waals surface area (Å²) in [6, 6.07) is 0. The van der Waals surface area contributed by atoms with Crippen molar-refractivity contribution in [2.45, 2.75) is 64.3 Å². The molecular weight excluding hydrogens is 236 g/mol. The highest BCUT2D eigenvalue weighted by molar-refractivity contribution is 5.80. The lowest BCUT2D eigenvalue weighted by molar-refractivity contribution is -0.148. The van der Waals surface area contributed by atoms with E-state index in [9.17, 15) is 13.6 Å². The van der Waals surface area contributed by atoms with Crippen LogP contribution in [0.4, 0.5) is 8.78 Å². The third kappa shape index (κ3) is 1.84. The predicted molar refractivity (Wildman–Crippen MR) is 64.3 cm³/mol. The normalized spacial score (nSPS) is 49.7. The lowest BCUT2D eigenvalue weighted by atomic mass is 9.43. The van der Waals surface area contributed by atoms with Crippen molar-refractivity contribution in [3.63, 3.8) is 0 Å². The Hall–Kier alpha value is -0.670. The van der Waals surface area contributed by atoms with Crippen LogP contribution < -0.4 is 5.32 Å². The van der Waals surface area contributed by atoms with Crippen LogP contribution in [0.1, 0.15) is 52.4 Å². The lowest BCUT2D eigenvalue weighted by Gasteiger charge is -2.65. The minimum atomic E-state index is -2.89. The molecule has 0 aromatic heterocycles. The molecule has 2 unspecified atom stereocenters. The molecule has 4 aliphatic carbocycles. The SMILES string of the molecule is CC12CC3CC(C)(C1)CC(NC(=O)C(F)F)(C3)C2. The van der Waals surface area contributed by atoms with Gasteiger partial charge < -0.3 is 5.32 Å². The number of amides is 1. The first-order valence-electron chi connectivity index (χ1n) is 6.84. The number of rotatable bonds is 2. The second kappa shape index (κ2) is 3.45. The van der Waals surface area contributed by atoms with Gasteiger partial charge in [-0.25, -0.2) is 0 Å². The van der Waals surface area contributed by atoms with Crippen molar-refractivity contribution in [2.24, 2.45) is 16.7 Å². The van der Waals surface area contributed by atoms with Crippen molar-refractivity contribution in [3.8, 4) is 0 Å². The van der Waals surface area contributed by atoms with Crippen LogP contribution in [-0.2, 0) is 4.79 Å². The van der Waals surface area contributed by atoms with E-state index < -0.39 is 12.3 Å². The van der Waals surface area contributed by atoms with Crippen molar-refractivity contribution < 1.29 is 13.6 Å². The largest absolute Gasteiger partial charge is 0.346 e. The van der Waals surface area contributed by atoms with Crippen LogP contribution in [0.5, 0.6) is 0 Å². The van der Waals surface area contributed by atoms with Crippen LogP contribution >= 0.6 is 0 Å². The van der Waals surface area contributed by atoms with Crippen LogP contribution in [0.15, 0.2) is 0 Å². The maximum Gasteiger partial charge on any atom is 0.315 e. The van der Waals surface area contributed by atoms with Gasteiger partial charge in [0.25, 0.3) is 5.91 Å². The zero-order valence-electron chi connectivity index (χ0n) is 11.1. The molecule has 4 aliphatic rings. The number of alkyl halides is 2. The Morgan fingerprint density at radius 3 is 2.11 bits per heavy atom. The van der Waals surface area contributed by atoms with Gasteiger partial charge in [0.1, 0.15) is 0 Å². The van der Waals surface area contributed by atoms with E-state index in [0.29, 0.717) is 5.92 Å². The van der Waals surface area contributed by atoms with Crippen LogP contribution in [0.3, 0.4) is 0 Å². The average molecular weight is 257 g/mol. The summed E-state index contributed by atoms with van der Waals surface area (Å²) >= 11 is 0.